The molecule has 0 aliphatic carbocycles. The molecule has 4 heteroatoms. The van der Waals surface area contributed by atoms with Gasteiger partial charge in [-0.2, -0.15) is 0 Å². The molecule has 3 N–H and O–H groups in total. The van der Waals surface area contributed by atoms with Crippen molar-refractivity contribution in [3.8, 4) is 5.75 Å². The second-order valence-corrected chi connectivity index (χ2v) is 4.23. The van der Waals surface area contributed by atoms with E-state index in [1.165, 1.54) is 5.56 Å². The van der Waals surface area contributed by atoms with Gasteiger partial charge in [0.05, 0.1) is 19.3 Å². The topological polar surface area (TPSA) is 64.7 Å². The maximum Gasteiger partial charge on any atom is 0.139 e. The Labute approximate surface area is 102 Å². The summed E-state index contributed by atoms with van der Waals surface area (Å²) in [6.45, 7) is 4.23. The van der Waals surface area contributed by atoms with E-state index in [4.69, 9.17) is 15.2 Å². The van der Waals surface area contributed by atoms with Gasteiger partial charge in [-0.25, -0.2) is 0 Å². The molecule has 0 heterocycles. The number of hydrogen-bond acceptors (Lipinski definition) is 4. The Morgan fingerprint density at radius 3 is 2.59 bits per heavy atom. The van der Waals surface area contributed by atoms with Crippen molar-refractivity contribution in [2.75, 3.05) is 20.3 Å². The fourth-order valence-corrected chi connectivity index (χ4v) is 1.65. The van der Waals surface area contributed by atoms with E-state index in [0.717, 1.165) is 11.3 Å². The van der Waals surface area contributed by atoms with Crippen molar-refractivity contribution in [2.24, 2.45) is 5.73 Å². The van der Waals surface area contributed by atoms with E-state index in [0.29, 0.717) is 6.61 Å². The first kappa shape index (κ1) is 14.0. The molecule has 17 heavy (non-hydrogen) atoms. The number of rotatable bonds is 6. The number of aliphatic hydroxyl groups excluding tert-OH is 1. The molecule has 1 aromatic carbocycles. The third-order valence-electron chi connectivity index (χ3n) is 2.63. The van der Waals surface area contributed by atoms with Gasteiger partial charge in [-0.15, -0.1) is 0 Å². The smallest absolute Gasteiger partial charge is 0.139 e. The van der Waals surface area contributed by atoms with Gasteiger partial charge in [-0.3, -0.25) is 0 Å². The number of ether oxygens (including phenoxy) is 2. The predicted octanol–water partition coefficient (Wildman–Crippen LogP) is 1.02. The van der Waals surface area contributed by atoms with Gasteiger partial charge in [0, 0.05) is 7.11 Å². The minimum absolute atomic E-state index is 0.127. The summed E-state index contributed by atoms with van der Waals surface area (Å²) in [7, 11) is 1.57. The molecule has 0 aliphatic heterocycles. The van der Waals surface area contributed by atoms with Crippen LogP contribution in [0.1, 0.15) is 11.1 Å². The summed E-state index contributed by atoms with van der Waals surface area (Å²) in [5, 5.41) is 9.27. The van der Waals surface area contributed by atoms with E-state index in [-0.39, 0.29) is 12.6 Å². The van der Waals surface area contributed by atoms with Crippen LogP contribution in [0.4, 0.5) is 0 Å². The molecule has 2 atom stereocenters. The number of aryl methyl sites for hydroxylation is 2. The summed E-state index contributed by atoms with van der Waals surface area (Å²) < 4.78 is 10.7. The Balaban J connectivity index is 2.73. The van der Waals surface area contributed by atoms with Crippen molar-refractivity contribution in [3.63, 3.8) is 0 Å². The van der Waals surface area contributed by atoms with E-state index in [1.807, 2.05) is 32.0 Å². The van der Waals surface area contributed by atoms with Crippen LogP contribution < -0.4 is 10.5 Å². The highest BCUT2D eigenvalue weighted by Crippen LogP contribution is 2.20. The van der Waals surface area contributed by atoms with Crippen LogP contribution >= 0.6 is 0 Å². The van der Waals surface area contributed by atoms with Crippen molar-refractivity contribution in [2.45, 2.75) is 26.0 Å². The molecule has 1 rings (SSSR count). The molecule has 0 fully saturated rings. The van der Waals surface area contributed by atoms with Gasteiger partial charge in [-0.05, 0) is 25.5 Å². The number of nitrogens with two attached hydrogens (primary N) is 1. The Hall–Kier alpha value is -1.10. The number of methoxy groups -OCH3 is 1. The number of hydrogen-bond donors (Lipinski definition) is 2. The average Bonchev–Trinajstić information content (AvgIpc) is 2.28. The van der Waals surface area contributed by atoms with Crippen LogP contribution in [0.15, 0.2) is 18.2 Å². The molecule has 0 amide bonds. The van der Waals surface area contributed by atoms with E-state index < -0.39 is 6.10 Å². The van der Waals surface area contributed by atoms with Crippen LogP contribution in [0.2, 0.25) is 0 Å². The SMILES string of the molecule is COCC(N)C(CO)Oc1ccc(C)cc1C. The summed E-state index contributed by atoms with van der Waals surface area (Å²) in [6.07, 6.45) is -0.448. The molecule has 0 aliphatic rings. The lowest BCUT2D eigenvalue weighted by molar-refractivity contribution is 0.0601. The highest BCUT2D eigenvalue weighted by atomic mass is 16.5. The number of aliphatic hydroxyl groups is 1. The maximum atomic E-state index is 9.27. The van der Waals surface area contributed by atoms with Crippen LogP contribution in [0.25, 0.3) is 0 Å². The molecular formula is C13H21NO3. The lowest BCUT2D eigenvalue weighted by atomic mass is 10.1. The van der Waals surface area contributed by atoms with Crippen molar-refractivity contribution in [1.29, 1.82) is 0 Å². The minimum Gasteiger partial charge on any atom is -0.486 e. The normalized spacial score (nSPS) is 14.4. The lowest BCUT2D eigenvalue weighted by Crippen LogP contribution is -2.44. The van der Waals surface area contributed by atoms with Gasteiger partial charge >= 0.3 is 0 Å². The molecule has 0 spiro atoms. The average molecular weight is 239 g/mol. The predicted molar refractivity (Wildman–Crippen MR) is 67.3 cm³/mol. The summed E-state index contributed by atoms with van der Waals surface area (Å²) >= 11 is 0. The Morgan fingerprint density at radius 1 is 1.35 bits per heavy atom. The molecule has 0 radical (unpaired) electrons. The van der Waals surface area contributed by atoms with Gasteiger partial charge < -0.3 is 20.3 Å². The Morgan fingerprint density at radius 2 is 2.06 bits per heavy atom. The summed E-state index contributed by atoms with van der Waals surface area (Å²) in [5.74, 6) is 0.751. The minimum atomic E-state index is -0.448. The first-order valence-corrected chi connectivity index (χ1v) is 5.67. The van der Waals surface area contributed by atoms with Crippen molar-refractivity contribution >= 4 is 0 Å². The highest BCUT2D eigenvalue weighted by molar-refractivity contribution is 5.35. The van der Waals surface area contributed by atoms with Crippen LogP contribution in [0.5, 0.6) is 5.75 Å². The van der Waals surface area contributed by atoms with Crippen LogP contribution in [0.3, 0.4) is 0 Å². The standard InChI is InChI=1S/C13H21NO3/c1-9-4-5-12(10(2)6-9)17-13(7-15)11(14)8-16-3/h4-6,11,13,15H,7-8,14H2,1-3H3. The monoisotopic (exact) mass is 239 g/mol. The van der Waals surface area contributed by atoms with Gasteiger partial charge in [-0.1, -0.05) is 17.7 Å². The lowest BCUT2D eigenvalue weighted by Gasteiger charge is -2.23. The van der Waals surface area contributed by atoms with Crippen molar-refractivity contribution < 1.29 is 14.6 Å². The van der Waals surface area contributed by atoms with Gasteiger partial charge in [0.2, 0.25) is 0 Å². The van der Waals surface area contributed by atoms with Gasteiger partial charge in [0.15, 0.2) is 0 Å². The molecule has 4 nitrogen and oxygen atoms in total. The second kappa shape index (κ2) is 6.59. The highest BCUT2D eigenvalue weighted by Gasteiger charge is 2.19. The molecule has 1 aromatic rings. The first-order chi connectivity index (χ1) is 8.08. The second-order valence-electron chi connectivity index (χ2n) is 4.23. The van der Waals surface area contributed by atoms with Gasteiger partial charge in [0.1, 0.15) is 11.9 Å². The van der Waals surface area contributed by atoms with Crippen molar-refractivity contribution in [3.05, 3.63) is 29.3 Å². The zero-order valence-corrected chi connectivity index (χ0v) is 10.6. The van der Waals surface area contributed by atoms with E-state index in [1.54, 1.807) is 7.11 Å². The Bertz CT molecular complexity index is 355. The Kier molecular flexibility index (Phi) is 5.41. The molecule has 2 unspecified atom stereocenters. The maximum absolute atomic E-state index is 9.27. The summed E-state index contributed by atoms with van der Waals surface area (Å²) in [5.41, 5.74) is 8.07. The molecule has 0 bridgehead atoms. The van der Waals surface area contributed by atoms with Crippen LogP contribution in [-0.4, -0.2) is 37.6 Å². The summed E-state index contributed by atoms with van der Waals surface area (Å²) in [4.78, 5) is 0. The van der Waals surface area contributed by atoms with Crippen LogP contribution in [-0.2, 0) is 4.74 Å². The van der Waals surface area contributed by atoms with E-state index in [2.05, 4.69) is 0 Å². The first-order valence-electron chi connectivity index (χ1n) is 5.67. The largest absolute Gasteiger partial charge is 0.486 e. The fraction of sp³-hybridized carbons (Fsp3) is 0.538. The molecule has 96 valence electrons. The zero-order valence-electron chi connectivity index (χ0n) is 10.6. The molecule has 0 aromatic heterocycles. The molecule has 0 saturated heterocycles. The molecule has 0 saturated carbocycles. The van der Waals surface area contributed by atoms with Crippen molar-refractivity contribution in [1.82, 2.24) is 0 Å². The molecular weight excluding hydrogens is 218 g/mol. The van der Waals surface area contributed by atoms with Gasteiger partial charge in [0.25, 0.3) is 0 Å². The van der Waals surface area contributed by atoms with Crippen LogP contribution in [0, 0.1) is 13.8 Å². The fourth-order valence-electron chi connectivity index (χ4n) is 1.65. The zero-order chi connectivity index (χ0) is 12.8. The van der Waals surface area contributed by atoms with E-state index in [9.17, 15) is 5.11 Å². The number of benzene rings is 1. The third-order valence-corrected chi connectivity index (χ3v) is 2.63. The third kappa shape index (κ3) is 4.00. The quantitative estimate of drug-likeness (QED) is 0.778. The summed E-state index contributed by atoms with van der Waals surface area (Å²) in [6, 6.07) is 5.56. The van der Waals surface area contributed by atoms with E-state index >= 15 is 0 Å².